The lowest BCUT2D eigenvalue weighted by Crippen LogP contribution is -2.37. The Morgan fingerprint density at radius 1 is 1.26 bits per heavy atom. The number of nitrogens with zero attached hydrogens (tertiary/aromatic N) is 4. The molecule has 144 valence electrons. The van der Waals surface area contributed by atoms with E-state index in [4.69, 9.17) is 4.74 Å². The van der Waals surface area contributed by atoms with Gasteiger partial charge < -0.3 is 10.1 Å². The lowest BCUT2D eigenvalue weighted by atomic mass is 9.91. The zero-order chi connectivity index (χ0) is 19.6. The van der Waals surface area contributed by atoms with Gasteiger partial charge in [-0.15, -0.1) is 0 Å². The third kappa shape index (κ3) is 4.35. The Morgan fingerprint density at radius 3 is 2.67 bits per heavy atom. The van der Waals surface area contributed by atoms with Gasteiger partial charge in [0, 0.05) is 30.0 Å². The van der Waals surface area contributed by atoms with Crippen LogP contribution in [0, 0.1) is 5.92 Å². The number of hydrogen-bond acceptors (Lipinski definition) is 6. The van der Waals surface area contributed by atoms with Gasteiger partial charge in [-0.25, -0.2) is 9.78 Å². The number of amides is 1. The van der Waals surface area contributed by atoms with Gasteiger partial charge in [-0.3, -0.25) is 9.88 Å². The highest BCUT2D eigenvalue weighted by molar-refractivity contribution is 5.89. The van der Waals surface area contributed by atoms with Crippen molar-refractivity contribution in [3.63, 3.8) is 0 Å². The number of aromatic nitrogens is 3. The summed E-state index contributed by atoms with van der Waals surface area (Å²) in [5, 5.41) is 3.20. The number of anilines is 2. The molecule has 0 aliphatic carbocycles. The van der Waals surface area contributed by atoms with Gasteiger partial charge in [-0.05, 0) is 23.6 Å². The van der Waals surface area contributed by atoms with Crippen molar-refractivity contribution in [1.29, 1.82) is 0 Å². The third-order valence-electron chi connectivity index (χ3n) is 4.61. The van der Waals surface area contributed by atoms with Crippen molar-refractivity contribution in [3.05, 3.63) is 41.9 Å². The van der Waals surface area contributed by atoms with Gasteiger partial charge in [0.15, 0.2) is 0 Å². The summed E-state index contributed by atoms with van der Waals surface area (Å²) >= 11 is 0. The molecule has 3 rings (SSSR count). The number of carbonyl (C=O) groups is 1. The quantitative estimate of drug-likeness (QED) is 0.864. The van der Waals surface area contributed by atoms with Gasteiger partial charge in [0.1, 0.15) is 12.4 Å². The van der Waals surface area contributed by atoms with Crippen molar-refractivity contribution in [1.82, 2.24) is 15.0 Å². The van der Waals surface area contributed by atoms with Crippen LogP contribution in [0.2, 0.25) is 0 Å². The summed E-state index contributed by atoms with van der Waals surface area (Å²) < 4.78 is 5.20. The highest BCUT2D eigenvalue weighted by Crippen LogP contribution is 2.26. The molecule has 1 aliphatic rings. The minimum atomic E-state index is -0.361. The Bertz CT molecular complexity index is 799. The van der Waals surface area contributed by atoms with Gasteiger partial charge >= 0.3 is 6.09 Å². The maximum Gasteiger partial charge on any atom is 0.415 e. The van der Waals surface area contributed by atoms with Crippen LogP contribution in [0.3, 0.4) is 0 Å². The molecule has 1 N–H and O–H groups in total. The number of carbonyl (C=O) groups excluding carboxylic acids is 1. The SMILES string of the molecule is CC(C)C1COC(=O)N1c1ccnc(NCc2ccc(C(C)(C)C)nc2)n1. The van der Waals surface area contributed by atoms with Gasteiger partial charge in [0.2, 0.25) is 5.95 Å². The molecule has 1 saturated heterocycles. The molecule has 1 aliphatic heterocycles. The fourth-order valence-electron chi connectivity index (χ4n) is 2.91. The lowest BCUT2D eigenvalue weighted by molar-refractivity contribution is 0.177. The molecule has 1 fully saturated rings. The minimum Gasteiger partial charge on any atom is -0.447 e. The summed E-state index contributed by atoms with van der Waals surface area (Å²) in [6.45, 7) is 11.5. The largest absolute Gasteiger partial charge is 0.447 e. The number of ether oxygens (including phenoxy) is 1. The molecule has 1 atom stereocenters. The first-order valence-corrected chi connectivity index (χ1v) is 9.24. The van der Waals surface area contributed by atoms with E-state index < -0.39 is 0 Å². The van der Waals surface area contributed by atoms with Crippen LogP contribution in [0.5, 0.6) is 0 Å². The predicted molar refractivity (Wildman–Crippen MR) is 105 cm³/mol. The maximum absolute atomic E-state index is 12.1. The maximum atomic E-state index is 12.1. The van der Waals surface area contributed by atoms with E-state index in [0.717, 1.165) is 11.3 Å². The summed E-state index contributed by atoms with van der Waals surface area (Å²) in [4.78, 5) is 27.0. The summed E-state index contributed by atoms with van der Waals surface area (Å²) in [6.07, 6.45) is 3.15. The molecule has 0 radical (unpaired) electrons. The summed E-state index contributed by atoms with van der Waals surface area (Å²) in [5.41, 5.74) is 2.12. The van der Waals surface area contributed by atoms with E-state index in [1.807, 2.05) is 12.3 Å². The van der Waals surface area contributed by atoms with Gasteiger partial charge in [-0.1, -0.05) is 40.7 Å². The number of cyclic esters (lactones) is 1. The number of pyridine rings is 1. The smallest absolute Gasteiger partial charge is 0.415 e. The molecule has 0 spiro atoms. The Morgan fingerprint density at radius 2 is 2.04 bits per heavy atom. The van der Waals surface area contributed by atoms with E-state index in [0.29, 0.717) is 24.9 Å². The average molecular weight is 369 g/mol. The molecule has 3 heterocycles. The third-order valence-corrected chi connectivity index (χ3v) is 4.61. The van der Waals surface area contributed by atoms with Crippen molar-refractivity contribution in [3.8, 4) is 0 Å². The molecule has 7 heteroatoms. The summed E-state index contributed by atoms with van der Waals surface area (Å²) in [5.74, 6) is 1.29. The highest BCUT2D eigenvalue weighted by Gasteiger charge is 2.37. The van der Waals surface area contributed by atoms with Gasteiger partial charge in [0.05, 0.1) is 6.04 Å². The first kappa shape index (κ1) is 19.1. The molecule has 2 aromatic rings. The normalized spacial score (nSPS) is 17.3. The van der Waals surface area contributed by atoms with Gasteiger partial charge in [0.25, 0.3) is 0 Å². The van der Waals surface area contributed by atoms with Crippen molar-refractivity contribution in [2.45, 2.75) is 52.6 Å². The average Bonchev–Trinajstić information content (AvgIpc) is 3.02. The predicted octanol–water partition coefficient (Wildman–Crippen LogP) is 3.76. The number of hydrogen-bond donors (Lipinski definition) is 1. The van der Waals surface area contributed by atoms with Crippen LogP contribution in [-0.4, -0.2) is 33.7 Å². The molecular formula is C20H27N5O2. The zero-order valence-corrected chi connectivity index (χ0v) is 16.6. The van der Waals surface area contributed by atoms with Crippen LogP contribution < -0.4 is 10.2 Å². The van der Waals surface area contributed by atoms with E-state index in [2.05, 4.69) is 61.0 Å². The first-order chi connectivity index (χ1) is 12.8. The van der Waals surface area contributed by atoms with Crippen molar-refractivity contribution < 1.29 is 9.53 Å². The molecule has 27 heavy (non-hydrogen) atoms. The standard InChI is InChI=1S/C20H27N5O2/c1-13(2)15-12-27-19(26)25(15)17-8-9-21-18(24-17)23-11-14-6-7-16(22-10-14)20(3,4)5/h6-10,13,15H,11-12H2,1-5H3,(H,21,23,24). The van der Waals surface area contributed by atoms with E-state index in [1.54, 1.807) is 17.2 Å². The van der Waals surface area contributed by atoms with Crippen molar-refractivity contribution in [2.24, 2.45) is 5.92 Å². The van der Waals surface area contributed by atoms with Gasteiger partial charge in [-0.2, -0.15) is 4.98 Å². The van der Waals surface area contributed by atoms with E-state index >= 15 is 0 Å². The van der Waals surface area contributed by atoms with Crippen molar-refractivity contribution >= 4 is 17.9 Å². The topological polar surface area (TPSA) is 80.2 Å². The molecular weight excluding hydrogens is 342 g/mol. The molecule has 0 aromatic carbocycles. The Kier molecular flexibility index (Phi) is 5.30. The van der Waals surface area contributed by atoms with Crippen molar-refractivity contribution in [2.75, 3.05) is 16.8 Å². The number of nitrogens with one attached hydrogen (secondary N) is 1. The fourth-order valence-corrected chi connectivity index (χ4v) is 2.91. The van der Waals surface area contributed by atoms with Crippen LogP contribution >= 0.6 is 0 Å². The molecule has 0 bridgehead atoms. The molecule has 0 saturated carbocycles. The second kappa shape index (κ2) is 7.50. The fraction of sp³-hybridized carbons (Fsp3) is 0.500. The first-order valence-electron chi connectivity index (χ1n) is 9.24. The van der Waals surface area contributed by atoms with E-state index in [1.165, 1.54) is 0 Å². The highest BCUT2D eigenvalue weighted by atomic mass is 16.6. The summed E-state index contributed by atoms with van der Waals surface area (Å²) in [7, 11) is 0. The molecule has 7 nitrogen and oxygen atoms in total. The summed E-state index contributed by atoms with van der Waals surface area (Å²) in [6, 6.07) is 5.81. The van der Waals surface area contributed by atoms with E-state index in [-0.39, 0.29) is 23.5 Å². The molecule has 1 unspecified atom stereocenters. The monoisotopic (exact) mass is 369 g/mol. The van der Waals surface area contributed by atoms with Crippen LogP contribution in [0.25, 0.3) is 0 Å². The molecule has 2 aromatic heterocycles. The van der Waals surface area contributed by atoms with E-state index in [9.17, 15) is 4.79 Å². The Balaban J connectivity index is 1.70. The van der Waals surface area contributed by atoms with Crippen LogP contribution in [-0.2, 0) is 16.7 Å². The number of rotatable bonds is 5. The molecule has 1 amide bonds. The van der Waals surface area contributed by atoms with Crippen LogP contribution in [0.4, 0.5) is 16.6 Å². The second-order valence-corrected chi connectivity index (χ2v) is 8.15. The zero-order valence-electron chi connectivity index (χ0n) is 16.6. The second-order valence-electron chi connectivity index (χ2n) is 8.15. The Hall–Kier alpha value is -2.70. The van der Waals surface area contributed by atoms with Crippen LogP contribution in [0.1, 0.15) is 45.9 Å². The van der Waals surface area contributed by atoms with Crippen LogP contribution in [0.15, 0.2) is 30.6 Å². The Labute approximate surface area is 160 Å². The lowest BCUT2D eigenvalue weighted by Gasteiger charge is -2.23. The minimum absolute atomic E-state index is 0.0191.